The van der Waals surface area contributed by atoms with E-state index in [0.29, 0.717) is 0 Å². The Morgan fingerprint density at radius 2 is 1.63 bits per heavy atom. The van der Waals surface area contributed by atoms with Gasteiger partial charge in [-0.25, -0.2) is 0 Å². The molecule has 0 bridgehead atoms. The summed E-state index contributed by atoms with van der Waals surface area (Å²) in [5.74, 6) is 0.231. The van der Waals surface area contributed by atoms with E-state index in [1.165, 1.54) is 0 Å². The number of amides is 1. The van der Waals surface area contributed by atoms with E-state index < -0.39 is 0 Å². The van der Waals surface area contributed by atoms with Crippen LogP contribution in [0.5, 0.6) is 0 Å². The van der Waals surface area contributed by atoms with Crippen molar-refractivity contribution in [2.75, 3.05) is 63.8 Å². The average molecular weight is 375 g/mol. The zero-order valence-corrected chi connectivity index (χ0v) is 16.2. The van der Waals surface area contributed by atoms with Gasteiger partial charge in [0.25, 0.3) is 5.69 Å². The van der Waals surface area contributed by atoms with Gasteiger partial charge in [-0.3, -0.25) is 19.8 Å². The monoisotopic (exact) mass is 375 g/mol. The van der Waals surface area contributed by atoms with E-state index in [9.17, 15) is 14.9 Å². The normalized spacial score (nSPS) is 20.5. The Balaban J connectivity index is 1.51. The molecule has 1 aromatic carbocycles. The number of anilines is 1. The molecule has 2 fully saturated rings. The van der Waals surface area contributed by atoms with E-state index in [1.54, 1.807) is 24.3 Å². The SMILES string of the molecule is CCN1CCN(C(=O)C(C)N2CCN(c3ccc([N+](=O)[O-])cc3)CC2)CC1. The van der Waals surface area contributed by atoms with E-state index in [1.807, 2.05) is 11.8 Å². The fourth-order valence-corrected chi connectivity index (χ4v) is 3.86. The summed E-state index contributed by atoms with van der Waals surface area (Å²) in [6.07, 6.45) is 0. The molecule has 1 aromatic rings. The summed E-state index contributed by atoms with van der Waals surface area (Å²) >= 11 is 0. The highest BCUT2D eigenvalue weighted by Gasteiger charge is 2.30. The lowest BCUT2D eigenvalue weighted by Gasteiger charge is -2.41. The highest BCUT2D eigenvalue weighted by atomic mass is 16.6. The molecule has 1 unspecified atom stereocenters. The number of piperazine rings is 2. The van der Waals surface area contributed by atoms with Gasteiger partial charge in [0.15, 0.2) is 0 Å². The Bertz CT molecular complexity index is 650. The number of nitro groups is 1. The minimum atomic E-state index is -0.380. The first kappa shape index (κ1) is 19.6. The summed E-state index contributed by atoms with van der Waals surface area (Å²) in [6.45, 7) is 12.0. The maximum Gasteiger partial charge on any atom is 0.269 e. The molecule has 0 saturated carbocycles. The standard InChI is InChI=1S/C19H29N5O3/c1-3-20-8-10-23(11-9-20)19(25)16(2)21-12-14-22(15-13-21)17-4-6-18(7-5-17)24(26)27/h4-7,16H,3,8-15H2,1-2H3. The number of rotatable bonds is 5. The second-order valence-electron chi connectivity index (χ2n) is 7.23. The summed E-state index contributed by atoms with van der Waals surface area (Å²) in [4.78, 5) is 32.1. The molecule has 1 atom stereocenters. The van der Waals surface area contributed by atoms with Gasteiger partial charge in [0.1, 0.15) is 0 Å². The van der Waals surface area contributed by atoms with E-state index in [2.05, 4.69) is 21.6 Å². The van der Waals surface area contributed by atoms with Gasteiger partial charge >= 0.3 is 0 Å². The summed E-state index contributed by atoms with van der Waals surface area (Å²) in [6, 6.07) is 6.59. The molecule has 2 heterocycles. The molecule has 1 amide bonds. The second kappa shape index (κ2) is 8.67. The molecule has 0 spiro atoms. The van der Waals surface area contributed by atoms with Gasteiger partial charge < -0.3 is 14.7 Å². The van der Waals surface area contributed by atoms with E-state index in [4.69, 9.17) is 0 Å². The van der Waals surface area contributed by atoms with Crippen LogP contribution in [0.2, 0.25) is 0 Å². The molecular weight excluding hydrogens is 346 g/mol. The van der Waals surface area contributed by atoms with Gasteiger partial charge in [-0.15, -0.1) is 0 Å². The van der Waals surface area contributed by atoms with Crippen molar-refractivity contribution in [2.45, 2.75) is 19.9 Å². The number of nitro benzene ring substituents is 1. The lowest BCUT2D eigenvalue weighted by molar-refractivity contribution is -0.384. The maximum absolute atomic E-state index is 12.8. The van der Waals surface area contributed by atoms with Crippen molar-refractivity contribution < 1.29 is 9.72 Å². The van der Waals surface area contributed by atoms with Crippen LogP contribution in [-0.2, 0) is 4.79 Å². The van der Waals surface area contributed by atoms with E-state index >= 15 is 0 Å². The Morgan fingerprint density at radius 3 is 2.15 bits per heavy atom. The van der Waals surface area contributed by atoms with Crippen molar-refractivity contribution in [2.24, 2.45) is 0 Å². The first-order valence-corrected chi connectivity index (χ1v) is 9.74. The summed E-state index contributed by atoms with van der Waals surface area (Å²) in [5.41, 5.74) is 1.11. The topological polar surface area (TPSA) is 73.2 Å². The van der Waals surface area contributed by atoms with Gasteiger partial charge in [0.05, 0.1) is 11.0 Å². The van der Waals surface area contributed by atoms with Crippen LogP contribution < -0.4 is 4.90 Å². The molecule has 0 N–H and O–H groups in total. The van der Waals surface area contributed by atoms with E-state index in [-0.39, 0.29) is 22.6 Å². The molecule has 27 heavy (non-hydrogen) atoms. The van der Waals surface area contributed by atoms with Crippen molar-refractivity contribution in [3.8, 4) is 0 Å². The van der Waals surface area contributed by atoms with Gasteiger partial charge in [-0.2, -0.15) is 0 Å². The smallest absolute Gasteiger partial charge is 0.269 e. The highest BCUT2D eigenvalue weighted by Crippen LogP contribution is 2.21. The van der Waals surface area contributed by atoms with Crippen LogP contribution in [0.4, 0.5) is 11.4 Å². The molecule has 0 aliphatic carbocycles. The lowest BCUT2D eigenvalue weighted by Crippen LogP contribution is -2.57. The van der Waals surface area contributed by atoms with Crippen LogP contribution in [0.1, 0.15) is 13.8 Å². The van der Waals surface area contributed by atoms with E-state index in [0.717, 1.165) is 64.6 Å². The molecule has 0 aromatic heterocycles. The van der Waals surface area contributed by atoms with Crippen molar-refractivity contribution in [3.63, 3.8) is 0 Å². The first-order chi connectivity index (χ1) is 13.0. The average Bonchev–Trinajstić information content (AvgIpc) is 2.73. The van der Waals surface area contributed by atoms with Crippen molar-refractivity contribution in [1.82, 2.24) is 14.7 Å². The van der Waals surface area contributed by atoms with Crippen LogP contribution in [0.25, 0.3) is 0 Å². The Hall–Kier alpha value is -2.19. The predicted molar refractivity (Wildman–Crippen MR) is 105 cm³/mol. The minimum Gasteiger partial charge on any atom is -0.369 e. The van der Waals surface area contributed by atoms with Crippen LogP contribution in [0, 0.1) is 10.1 Å². The zero-order valence-electron chi connectivity index (χ0n) is 16.2. The number of carbonyl (C=O) groups excluding carboxylic acids is 1. The molecular formula is C19H29N5O3. The van der Waals surface area contributed by atoms with Gasteiger partial charge in [0, 0.05) is 70.2 Å². The molecule has 8 nitrogen and oxygen atoms in total. The fraction of sp³-hybridized carbons (Fsp3) is 0.632. The van der Waals surface area contributed by atoms with Gasteiger partial charge in [-0.05, 0) is 25.6 Å². The third-order valence-corrected chi connectivity index (χ3v) is 5.78. The zero-order chi connectivity index (χ0) is 19.4. The quantitative estimate of drug-likeness (QED) is 0.570. The number of likely N-dealkylation sites (N-methyl/N-ethyl adjacent to an activating group) is 1. The Morgan fingerprint density at radius 1 is 1.04 bits per heavy atom. The van der Waals surface area contributed by atoms with Gasteiger partial charge in [0.2, 0.25) is 5.91 Å². The summed E-state index contributed by atoms with van der Waals surface area (Å²) < 4.78 is 0. The molecule has 2 saturated heterocycles. The van der Waals surface area contributed by atoms with Crippen molar-refractivity contribution in [1.29, 1.82) is 0 Å². The van der Waals surface area contributed by atoms with Gasteiger partial charge in [-0.1, -0.05) is 6.92 Å². The molecule has 0 radical (unpaired) electrons. The second-order valence-corrected chi connectivity index (χ2v) is 7.23. The number of benzene rings is 1. The van der Waals surface area contributed by atoms with Crippen molar-refractivity contribution >= 4 is 17.3 Å². The number of nitrogens with zero attached hydrogens (tertiary/aromatic N) is 5. The number of hydrogen-bond acceptors (Lipinski definition) is 6. The summed E-state index contributed by atoms with van der Waals surface area (Å²) in [5, 5.41) is 10.8. The fourth-order valence-electron chi connectivity index (χ4n) is 3.86. The third kappa shape index (κ3) is 4.56. The highest BCUT2D eigenvalue weighted by molar-refractivity contribution is 5.81. The Kier molecular flexibility index (Phi) is 6.28. The lowest BCUT2D eigenvalue weighted by atomic mass is 10.1. The first-order valence-electron chi connectivity index (χ1n) is 9.74. The molecule has 3 rings (SSSR count). The maximum atomic E-state index is 12.8. The molecule has 2 aliphatic heterocycles. The molecule has 148 valence electrons. The summed E-state index contributed by atoms with van der Waals surface area (Å²) in [7, 11) is 0. The van der Waals surface area contributed by atoms with Crippen LogP contribution in [0.15, 0.2) is 24.3 Å². The van der Waals surface area contributed by atoms with Crippen LogP contribution in [-0.4, -0.2) is 90.5 Å². The predicted octanol–water partition coefficient (Wildman–Crippen LogP) is 1.27. The van der Waals surface area contributed by atoms with Crippen molar-refractivity contribution in [3.05, 3.63) is 34.4 Å². The molecule has 8 heteroatoms. The largest absolute Gasteiger partial charge is 0.369 e. The third-order valence-electron chi connectivity index (χ3n) is 5.78. The minimum absolute atomic E-state index is 0.0998. The van der Waals surface area contributed by atoms with Crippen LogP contribution in [0.3, 0.4) is 0 Å². The Labute approximate surface area is 160 Å². The van der Waals surface area contributed by atoms with Crippen LogP contribution >= 0.6 is 0 Å². The number of hydrogen-bond donors (Lipinski definition) is 0. The number of non-ortho nitro benzene ring substituents is 1. The number of carbonyl (C=O) groups is 1. The molecule has 2 aliphatic rings.